The Morgan fingerprint density at radius 3 is 2.80 bits per heavy atom. The predicted molar refractivity (Wildman–Crippen MR) is 98.0 cm³/mol. The molecule has 0 aliphatic carbocycles. The summed E-state index contributed by atoms with van der Waals surface area (Å²) in [5.41, 5.74) is 1.05. The average molecular weight is 377 g/mol. The Morgan fingerprint density at radius 1 is 1.24 bits per heavy atom. The van der Waals surface area contributed by atoms with E-state index in [4.69, 9.17) is 27.9 Å². The smallest absolute Gasteiger partial charge is 0.221 e. The van der Waals surface area contributed by atoms with E-state index in [2.05, 4.69) is 5.32 Å². The van der Waals surface area contributed by atoms with Gasteiger partial charge in [0, 0.05) is 29.0 Å². The van der Waals surface area contributed by atoms with Crippen molar-refractivity contribution < 1.29 is 14.3 Å². The molecule has 1 heterocycles. The molecule has 0 saturated carbocycles. The number of carbonyl (C=O) groups is 1. The van der Waals surface area contributed by atoms with Crippen molar-refractivity contribution in [2.75, 3.05) is 5.32 Å². The summed E-state index contributed by atoms with van der Waals surface area (Å²) in [7, 11) is 0. The van der Waals surface area contributed by atoms with Gasteiger partial charge in [-0.15, -0.1) is 0 Å². The molecule has 1 aromatic heterocycles. The number of halogens is 2. The molecule has 7 heteroatoms. The molecule has 0 saturated heterocycles. The van der Waals surface area contributed by atoms with Crippen LogP contribution in [-0.4, -0.2) is 5.91 Å². The number of ether oxygens (including phenoxy) is 1. The number of anilines is 1. The van der Waals surface area contributed by atoms with Crippen LogP contribution in [0.2, 0.25) is 10.0 Å². The van der Waals surface area contributed by atoms with Crippen molar-refractivity contribution in [1.82, 2.24) is 0 Å². The van der Waals surface area contributed by atoms with E-state index in [0.717, 1.165) is 15.5 Å². The molecular formula is C18H14Cl2N2O3. The van der Waals surface area contributed by atoms with Gasteiger partial charge in [-0.3, -0.25) is 4.79 Å². The topological polar surface area (TPSA) is 65.3 Å². The number of nitrogens with one attached hydrogen (secondary N) is 1. The van der Waals surface area contributed by atoms with Gasteiger partial charge in [-0.1, -0.05) is 29.3 Å². The van der Waals surface area contributed by atoms with Crippen LogP contribution in [0.15, 0.2) is 48.8 Å². The maximum atomic E-state index is 11.4. The Morgan fingerprint density at radius 2 is 2.04 bits per heavy atom. The number of aromatic nitrogens is 1. The molecule has 25 heavy (non-hydrogen) atoms. The summed E-state index contributed by atoms with van der Waals surface area (Å²) in [6.45, 7) is 1.52. The quantitative estimate of drug-likeness (QED) is 0.544. The molecule has 0 atom stereocenters. The van der Waals surface area contributed by atoms with Crippen molar-refractivity contribution in [1.29, 1.82) is 0 Å². The van der Waals surface area contributed by atoms with Gasteiger partial charge >= 0.3 is 0 Å². The van der Waals surface area contributed by atoms with Gasteiger partial charge in [0.25, 0.3) is 0 Å². The van der Waals surface area contributed by atoms with Crippen LogP contribution in [0.3, 0.4) is 0 Å². The van der Waals surface area contributed by atoms with Gasteiger partial charge in [0.05, 0.1) is 16.1 Å². The van der Waals surface area contributed by atoms with Gasteiger partial charge in [0.2, 0.25) is 5.91 Å². The number of carbonyl (C=O) groups excluding carboxylic acids is 1. The Balaban J connectivity index is 1.90. The van der Waals surface area contributed by atoms with Crippen molar-refractivity contribution >= 4 is 45.6 Å². The first-order chi connectivity index (χ1) is 12.0. The summed E-state index contributed by atoms with van der Waals surface area (Å²) < 4.78 is 6.61. The van der Waals surface area contributed by atoms with Gasteiger partial charge in [0.1, 0.15) is 12.4 Å². The minimum atomic E-state index is -0.226. The molecule has 3 rings (SSSR count). The maximum absolute atomic E-state index is 11.4. The van der Waals surface area contributed by atoms with E-state index < -0.39 is 0 Å². The molecule has 128 valence electrons. The van der Waals surface area contributed by atoms with E-state index in [9.17, 15) is 10.0 Å². The van der Waals surface area contributed by atoms with Crippen molar-refractivity contribution in [3.63, 3.8) is 0 Å². The normalized spacial score (nSPS) is 10.7. The van der Waals surface area contributed by atoms with Crippen LogP contribution in [-0.2, 0) is 11.4 Å². The zero-order valence-electron chi connectivity index (χ0n) is 13.3. The third-order valence-electron chi connectivity index (χ3n) is 3.62. The van der Waals surface area contributed by atoms with E-state index in [0.29, 0.717) is 27.0 Å². The fourth-order valence-corrected chi connectivity index (χ4v) is 3.00. The highest BCUT2D eigenvalue weighted by atomic mass is 35.5. The standard InChI is InChI=1S/C18H14Cl2N2O3/c1-11(23)21-16-6-5-15(19)14(18(16)20)10-25-17-4-2-3-12-9-22(24)8-7-13(12)17/h2-9H,10H2,1H3,(H,21,23). The Kier molecular flexibility index (Phi) is 4.97. The molecule has 3 aromatic rings. The van der Waals surface area contributed by atoms with Crippen molar-refractivity contribution in [3.8, 4) is 5.75 Å². The summed E-state index contributed by atoms with van der Waals surface area (Å²) in [6, 6.07) is 10.4. The fraction of sp³-hybridized carbons (Fsp3) is 0.111. The lowest BCUT2D eigenvalue weighted by atomic mass is 10.1. The van der Waals surface area contributed by atoms with Gasteiger partial charge in [-0.05, 0) is 24.3 Å². The minimum Gasteiger partial charge on any atom is -0.619 e. The lowest BCUT2D eigenvalue weighted by molar-refractivity contribution is -0.603. The van der Waals surface area contributed by atoms with Crippen LogP contribution in [0.25, 0.3) is 10.8 Å². The number of amides is 1. The molecule has 0 unspecified atom stereocenters. The van der Waals surface area contributed by atoms with E-state index in [1.807, 2.05) is 6.07 Å². The summed E-state index contributed by atoms with van der Waals surface area (Å²) in [4.78, 5) is 11.3. The second-order valence-electron chi connectivity index (χ2n) is 5.42. The number of benzene rings is 2. The number of fused-ring (bicyclic) bond motifs is 1. The third kappa shape index (κ3) is 3.78. The Bertz CT molecular complexity index is 960. The number of pyridine rings is 1. The summed E-state index contributed by atoms with van der Waals surface area (Å²) >= 11 is 12.6. The zero-order valence-corrected chi connectivity index (χ0v) is 14.8. The van der Waals surface area contributed by atoms with Crippen LogP contribution >= 0.6 is 23.2 Å². The van der Waals surface area contributed by atoms with E-state index >= 15 is 0 Å². The summed E-state index contributed by atoms with van der Waals surface area (Å²) in [6.07, 6.45) is 2.88. The van der Waals surface area contributed by atoms with Crippen molar-refractivity contribution in [3.05, 3.63) is 69.6 Å². The predicted octanol–water partition coefficient (Wildman–Crippen LogP) is 4.32. The lowest BCUT2D eigenvalue weighted by Crippen LogP contribution is -2.23. The average Bonchev–Trinajstić information content (AvgIpc) is 2.56. The molecule has 1 amide bonds. The number of rotatable bonds is 4. The molecule has 0 radical (unpaired) electrons. The minimum absolute atomic E-state index is 0.122. The highest BCUT2D eigenvalue weighted by Crippen LogP contribution is 2.33. The molecule has 2 aromatic carbocycles. The summed E-state index contributed by atoms with van der Waals surface area (Å²) in [5, 5.41) is 16.4. The highest BCUT2D eigenvalue weighted by molar-refractivity contribution is 6.38. The maximum Gasteiger partial charge on any atom is 0.221 e. The summed E-state index contributed by atoms with van der Waals surface area (Å²) in [5.74, 6) is 0.381. The Labute approximate surface area is 154 Å². The van der Waals surface area contributed by atoms with Crippen LogP contribution in [0.5, 0.6) is 5.75 Å². The van der Waals surface area contributed by atoms with Crippen LogP contribution < -0.4 is 14.8 Å². The monoisotopic (exact) mass is 376 g/mol. The molecular weight excluding hydrogens is 363 g/mol. The largest absolute Gasteiger partial charge is 0.619 e. The van der Waals surface area contributed by atoms with Crippen LogP contribution in [0.4, 0.5) is 5.69 Å². The number of hydrogen-bond donors (Lipinski definition) is 1. The molecule has 0 aliphatic rings. The van der Waals surface area contributed by atoms with Gasteiger partial charge in [-0.25, -0.2) is 0 Å². The first kappa shape index (κ1) is 17.3. The molecule has 5 nitrogen and oxygen atoms in total. The van der Waals surface area contributed by atoms with E-state index in [-0.39, 0.29) is 12.5 Å². The number of nitrogens with zero attached hydrogens (tertiary/aromatic N) is 1. The van der Waals surface area contributed by atoms with Crippen molar-refractivity contribution in [2.45, 2.75) is 13.5 Å². The molecule has 1 N–H and O–H groups in total. The molecule has 0 fully saturated rings. The molecule has 0 bridgehead atoms. The van der Waals surface area contributed by atoms with Crippen molar-refractivity contribution in [2.24, 2.45) is 0 Å². The second kappa shape index (κ2) is 7.17. The van der Waals surface area contributed by atoms with Crippen LogP contribution in [0, 0.1) is 5.21 Å². The van der Waals surface area contributed by atoms with Gasteiger partial charge < -0.3 is 15.3 Å². The molecule has 0 spiro atoms. The Hall–Kier alpha value is -2.50. The van der Waals surface area contributed by atoms with E-state index in [1.165, 1.54) is 19.3 Å². The number of hydrogen-bond acceptors (Lipinski definition) is 3. The third-order valence-corrected chi connectivity index (χ3v) is 4.41. The molecule has 0 aliphatic heterocycles. The fourth-order valence-electron chi connectivity index (χ4n) is 2.47. The van der Waals surface area contributed by atoms with Gasteiger partial charge in [-0.2, -0.15) is 4.73 Å². The lowest BCUT2D eigenvalue weighted by Gasteiger charge is -2.14. The van der Waals surface area contributed by atoms with Crippen LogP contribution in [0.1, 0.15) is 12.5 Å². The first-order valence-corrected chi connectivity index (χ1v) is 8.20. The zero-order chi connectivity index (χ0) is 18.0. The first-order valence-electron chi connectivity index (χ1n) is 7.44. The SMILES string of the molecule is CC(=O)Nc1ccc(Cl)c(COc2cccc3c[n+]([O-])ccc23)c1Cl. The van der Waals surface area contributed by atoms with Gasteiger partial charge in [0.15, 0.2) is 12.4 Å². The second-order valence-corrected chi connectivity index (χ2v) is 6.21. The van der Waals surface area contributed by atoms with E-state index in [1.54, 1.807) is 30.3 Å². The highest BCUT2D eigenvalue weighted by Gasteiger charge is 2.13.